The fraction of sp³-hybridized carbons (Fsp3) is 0.0556. The van der Waals surface area contributed by atoms with Crippen molar-refractivity contribution in [3.63, 3.8) is 0 Å². The van der Waals surface area contributed by atoms with Gasteiger partial charge in [-0.15, -0.1) is 10.2 Å². The van der Waals surface area contributed by atoms with Crippen molar-refractivity contribution in [3.05, 3.63) is 75.7 Å². The molecule has 2 N–H and O–H groups in total. The van der Waals surface area contributed by atoms with Crippen LogP contribution in [0.3, 0.4) is 0 Å². The summed E-state index contributed by atoms with van der Waals surface area (Å²) >= 11 is 7.35. The maximum absolute atomic E-state index is 12.2. The van der Waals surface area contributed by atoms with Crippen LogP contribution in [-0.2, 0) is 6.54 Å². The van der Waals surface area contributed by atoms with Crippen LogP contribution < -0.4 is 5.32 Å². The highest BCUT2D eigenvalue weighted by atomic mass is 35.5. The monoisotopic (exact) mass is 371 g/mol. The van der Waals surface area contributed by atoms with E-state index in [1.165, 1.54) is 0 Å². The van der Waals surface area contributed by atoms with Gasteiger partial charge in [0, 0.05) is 6.54 Å². The van der Waals surface area contributed by atoms with E-state index in [-0.39, 0.29) is 16.7 Å². The summed E-state index contributed by atoms with van der Waals surface area (Å²) in [6.07, 6.45) is 1.66. The average Bonchev–Trinajstić information content (AvgIpc) is 3.11. The molecule has 2 aromatic carbocycles. The molecule has 5 nitrogen and oxygen atoms in total. The van der Waals surface area contributed by atoms with E-state index >= 15 is 0 Å². The highest BCUT2D eigenvalue weighted by molar-refractivity contribution is 7.15. The topological polar surface area (TPSA) is 75.1 Å². The molecule has 0 fully saturated rings. The Morgan fingerprint density at radius 2 is 1.88 bits per heavy atom. The van der Waals surface area contributed by atoms with Crippen molar-refractivity contribution >= 4 is 40.0 Å². The molecule has 0 atom stereocenters. The molecule has 0 spiro atoms. The summed E-state index contributed by atoms with van der Waals surface area (Å²) in [6.45, 7) is 0.418. The standard InChI is InChI=1S/C18H14ClN3O2S/c19-15(10-13-7-4-8-14(23)9-13)17-21-22-18(25-17)16(24)20-11-12-5-2-1-3-6-12/h1-10,23H,11H2,(H,20,24)/b15-10-. The summed E-state index contributed by atoms with van der Waals surface area (Å²) in [5.41, 5.74) is 1.73. The van der Waals surface area contributed by atoms with Gasteiger partial charge in [0.25, 0.3) is 5.91 Å². The van der Waals surface area contributed by atoms with Gasteiger partial charge in [0.2, 0.25) is 5.01 Å². The van der Waals surface area contributed by atoms with Crippen molar-refractivity contribution in [1.29, 1.82) is 0 Å². The summed E-state index contributed by atoms with van der Waals surface area (Å²) in [4.78, 5) is 12.2. The lowest BCUT2D eigenvalue weighted by Gasteiger charge is -2.02. The van der Waals surface area contributed by atoms with Crippen LogP contribution in [0.15, 0.2) is 54.6 Å². The van der Waals surface area contributed by atoms with Gasteiger partial charge in [0.15, 0.2) is 5.01 Å². The van der Waals surface area contributed by atoms with Crippen molar-refractivity contribution in [2.45, 2.75) is 6.54 Å². The molecule has 0 unspecified atom stereocenters. The van der Waals surface area contributed by atoms with Crippen molar-refractivity contribution < 1.29 is 9.90 Å². The zero-order chi connectivity index (χ0) is 17.6. The van der Waals surface area contributed by atoms with E-state index in [4.69, 9.17) is 11.6 Å². The Morgan fingerprint density at radius 1 is 1.12 bits per heavy atom. The normalized spacial score (nSPS) is 11.3. The second-order valence-corrected chi connectivity index (χ2v) is 6.55. The first kappa shape index (κ1) is 17.1. The van der Waals surface area contributed by atoms with Gasteiger partial charge in [-0.2, -0.15) is 0 Å². The van der Waals surface area contributed by atoms with Crippen LogP contribution in [0.25, 0.3) is 11.1 Å². The molecule has 0 saturated heterocycles. The van der Waals surface area contributed by atoms with Crippen LogP contribution in [0.1, 0.15) is 25.9 Å². The molecule has 0 bridgehead atoms. The van der Waals surface area contributed by atoms with Gasteiger partial charge in [-0.05, 0) is 29.3 Å². The Kier molecular flexibility index (Phi) is 5.42. The molecule has 1 heterocycles. The average molecular weight is 372 g/mol. The lowest BCUT2D eigenvalue weighted by Crippen LogP contribution is -2.22. The van der Waals surface area contributed by atoms with Gasteiger partial charge in [0.1, 0.15) is 5.75 Å². The van der Waals surface area contributed by atoms with Gasteiger partial charge in [0.05, 0.1) is 5.03 Å². The predicted octanol–water partition coefficient (Wildman–Crippen LogP) is 3.91. The largest absolute Gasteiger partial charge is 0.508 e. The van der Waals surface area contributed by atoms with Crippen molar-refractivity contribution in [3.8, 4) is 5.75 Å². The number of nitrogens with zero attached hydrogens (tertiary/aromatic N) is 2. The Labute approximate surface area is 153 Å². The number of halogens is 1. The summed E-state index contributed by atoms with van der Waals surface area (Å²) in [5, 5.41) is 21.2. The van der Waals surface area contributed by atoms with Crippen LogP contribution in [0.4, 0.5) is 0 Å². The molecule has 0 saturated carbocycles. The van der Waals surface area contributed by atoms with Gasteiger partial charge < -0.3 is 10.4 Å². The van der Waals surface area contributed by atoms with E-state index in [0.717, 1.165) is 22.5 Å². The fourth-order valence-corrected chi connectivity index (χ4v) is 3.04. The van der Waals surface area contributed by atoms with E-state index in [1.807, 2.05) is 30.3 Å². The molecule has 0 aliphatic heterocycles. The highest BCUT2D eigenvalue weighted by Gasteiger charge is 2.14. The Balaban J connectivity index is 1.68. The maximum atomic E-state index is 12.2. The number of hydrogen-bond donors (Lipinski definition) is 2. The molecular formula is C18H14ClN3O2S. The third-order valence-corrected chi connectivity index (χ3v) is 4.64. The zero-order valence-corrected chi connectivity index (χ0v) is 14.6. The van der Waals surface area contributed by atoms with Crippen LogP contribution in [0.2, 0.25) is 0 Å². The maximum Gasteiger partial charge on any atom is 0.282 e. The smallest absolute Gasteiger partial charge is 0.282 e. The highest BCUT2D eigenvalue weighted by Crippen LogP contribution is 2.26. The minimum Gasteiger partial charge on any atom is -0.508 e. The quantitative estimate of drug-likeness (QED) is 0.713. The molecule has 25 heavy (non-hydrogen) atoms. The number of aromatic nitrogens is 2. The van der Waals surface area contributed by atoms with E-state index in [2.05, 4.69) is 15.5 Å². The number of carbonyl (C=O) groups excluding carboxylic acids is 1. The van der Waals surface area contributed by atoms with Crippen LogP contribution in [-0.4, -0.2) is 21.2 Å². The fourth-order valence-electron chi connectivity index (χ4n) is 2.09. The lowest BCUT2D eigenvalue weighted by molar-refractivity contribution is 0.0950. The minimum absolute atomic E-state index is 0.149. The van der Waals surface area contributed by atoms with Gasteiger partial charge in [-0.25, -0.2) is 0 Å². The molecule has 0 aliphatic rings. The number of carbonyl (C=O) groups is 1. The van der Waals surface area contributed by atoms with E-state index < -0.39 is 0 Å². The molecule has 7 heteroatoms. The lowest BCUT2D eigenvalue weighted by atomic mass is 10.2. The number of amides is 1. The summed E-state index contributed by atoms with van der Waals surface area (Å²) in [6, 6.07) is 16.3. The van der Waals surface area contributed by atoms with Crippen LogP contribution in [0.5, 0.6) is 5.75 Å². The van der Waals surface area contributed by atoms with E-state index in [1.54, 1.807) is 30.3 Å². The van der Waals surface area contributed by atoms with Crippen molar-refractivity contribution in [1.82, 2.24) is 15.5 Å². The number of phenolic OH excluding ortho intramolecular Hbond substituents is 1. The molecule has 3 aromatic rings. The predicted molar refractivity (Wildman–Crippen MR) is 99.4 cm³/mol. The van der Waals surface area contributed by atoms with Crippen LogP contribution in [0, 0.1) is 0 Å². The first-order valence-electron chi connectivity index (χ1n) is 7.44. The molecule has 3 rings (SSSR count). The molecule has 0 radical (unpaired) electrons. The minimum atomic E-state index is -0.297. The zero-order valence-electron chi connectivity index (χ0n) is 13.0. The Bertz CT molecular complexity index is 909. The van der Waals surface area contributed by atoms with Gasteiger partial charge >= 0.3 is 0 Å². The summed E-state index contributed by atoms with van der Waals surface area (Å²) < 4.78 is 0. The van der Waals surface area contributed by atoms with E-state index in [0.29, 0.717) is 16.6 Å². The van der Waals surface area contributed by atoms with Crippen molar-refractivity contribution in [2.75, 3.05) is 0 Å². The first-order valence-corrected chi connectivity index (χ1v) is 8.63. The molecule has 1 aromatic heterocycles. The van der Waals surface area contributed by atoms with Crippen molar-refractivity contribution in [2.24, 2.45) is 0 Å². The second kappa shape index (κ2) is 7.92. The summed E-state index contributed by atoms with van der Waals surface area (Å²) in [7, 11) is 0. The number of aromatic hydroxyl groups is 1. The number of hydrogen-bond acceptors (Lipinski definition) is 5. The van der Waals surface area contributed by atoms with Gasteiger partial charge in [-0.1, -0.05) is 65.4 Å². The van der Waals surface area contributed by atoms with Gasteiger partial charge in [-0.3, -0.25) is 4.79 Å². The Morgan fingerprint density at radius 3 is 2.64 bits per heavy atom. The summed E-state index contributed by atoms with van der Waals surface area (Å²) in [5.74, 6) is -0.147. The molecule has 126 valence electrons. The molecular weight excluding hydrogens is 358 g/mol. The number of nitrogens with one attached hydrogen (secondary N) is 1. The van der Waals surface area contributed by atoms with Crippen LogP contribution >= 0.6 is 22.9 Å². The third kappa shape index (κ3) is 4.65. The SMILES string of the molecule is O=C(NCc1ccccc1)c1nnc(/C(Cl)=C/c2cccc(O)c2)s1. The first-order chi connectivity index (χ1) is 12.1. The third-order valence-electron chi connectivity index (χ3n) is 3.28. The molecule has 1 amide bonds. The molecule has 0 aliphatic carbocycles. The second-order valence-electron chi connectivity index (χ2n) is 5.17. The number of benzene rings is 2. The van der Waals surface area contributed by atoms with E-state index in [9.17, 15) is 9.90 Å². The number of rotatable bonds is 5. The number of phenols is 1. The Hall–Kier alpha value is -2.70.